The summed E-state index contributed by atoms with van der Waals surface area (Å²) in [6.07, 6.45) is -34.9. The Hall–Kier alpha value is -0.880. The van der Waals surface area contributed by atoms with Crippen LogP contribution in [-0.4, -0.2) is 221 Å². The van der Waals surface area contributed by atoms with Gasteiger partial charge in [-0.1, -0.05) is 0 Å². The lowest BCUT2D eigenvalue weighted by Crippen LogP contribution is -2.64. The lowest BCUT2D eigenvalue weighted by molar-refractivity contribution is -0.387. The van der Waals surface area contributed by atoms with Gasteiger partial charge in [-0.05, 0) is 0 Å². The van der Waals surface area contributed by atoms with Gasteiger partial charge in [0.05, 0.1) is 13.2 Å². The largest absolute Gasteiger partial charge is 0.394 e. The van der Waals surface area contributed by atoms with Gasteiger partial charge in [-0.2, -0.15) is 0 Å². The monoisotopic (exact) mass is 682 g/mol. The zero-order chi connectivity index (χ0) is 34.0. The van der Waals surface area contributed by atoms with Gasteiger partial charge in [0, 0.05) is 0 Å². The molecule has 0 bridgehead atoms. The van der Waals surface area contributed by atoms with Crippen LogP contribution in [-0.2, 0) is 38.2 Å². The van der Waals surface area contributed by atoms with E-state index >= 15 is 0 Å². The van der Waals surface area contributed by atoms with Crippen molar-refractivity contribution in [3.8, 4) is 0 Å². The molecule has 4 aliphatic heterocycles. The van der Waals surface area contributed by atoms with Gasteiger partial charge in [0.2, 0.25) is 0 Å². The number of aliphatic hydroxyl groups is 14. The molecule has 4 aliphatic rings. The molecule has 0 spiro atoms. The quantitative estimate of drug-likeness (QED) is 0.0546. The Morgan fingerprint density at radius 1 is 0.370 bits per heavy atom. The van der Waals surface area contributed by atoms with E-state index in [-0.39, 0.29) is 0 Å². The molecule has 0 aliphatic carbocycles. The van der Waals surface area contributed by atoms with E-state index in [9.17, 15) is 71.5 Å². The van der Waals surface area contributed by atoms with E-state index in [1.165, 1.54) is 0 Å². The Morgan fingerprint density at radius 3 is 1.04 bits per heavy atom. The zero-order valence-corrected chi connectivity index (χ0v) is 23.9. The van der Waals surface area contributed by atoms with Crippen molar-refractivity contribution in [1.82, 2.24) is 0 Å². The van der Waals surface area contributed by atoms with Crippen LogP contribution in [0.3, 0.4) is 0 Å². The van der Waals surface area contributed by atoms with E-state index in [1.807, 2.05) is 0 Å². The van der Waals surface area contributed by atoms with Crippen molar-refractivity contribution < 1.29 is 110 Å². The first-order chi connectivity index (χ1) is 21.7. The Morgan fingerprint density at radius 2 is 0.717 bits per heavy atom. The lowest BCUT2D eigenvalue weighted by Gasteiger charge is -2.45. The van der Waals surface area contributed by atoms with Gasteiger partial charge in [-0.15, -0.1) is 0 Å². The third-order valence-corrected chi connectivity index (χ3v) is 8.15. The third kappa shape index (κ3) is 7.95. The average Bonchev–Trinajstić information content (AvgIpc) is 3.04. The van der Waals surface area contributed by atoms with Crippen molar-refractivity contribution >= 4 is 0 Å². The summed E-state index contributed by atoms with van der Waals surface area (Å²) in [4.78, 5) is 9.97. The first-order valence-corrected chi connectivity index (χ1v) is 14.3. The fourth-order valence-electron chi connectivity index (χ4n) is 5.34. The highest BCUT2D eigenvalue weighted by Crippen LogP contribution is 2.31. The normalized spacial score (nSPS) is 52.0. The first-order valence-electron chi connectivity index (χ1n) is 14.3. The summed E-state index contributed by atoms with van der Waals surface area (Å²) in [6.45, 7) is -2.96. The van der Waals surface area contributed by atoms with Gasteiger partial charge >= 0.3 is 0 Å². The summed E-state index contributed by atoms with van der Waals surface area (Å²) in [5.74, 6) is 0. The summed E-state index contributed by atoms with van der Waals surface area (Å²) in [7, 11) is 0. The maximum Gasteiger partial charge on any atom is 0.187 e. The summed E-state index contributed by atoms with van der Waals surface area (Å²) >= 11 is 0. The maximum absolute atomic E-state index is 10.4. The van der Waals surface area contributed by atoms with Crippen molar-refractivity contribution in [1.29, 1.82) is 0 Å². The first kappa shape index (κ1) is 37.9. The molecule has 270 valence electrons. The molecule has 4 fully saturated rings. The second-order valence-corrected chi connectivity index (χ2v) is 11.3. The Bertz CT molecular complexity index is 858. The van der Waals surface area contributed by atoms with Crippen LogP contribution in [0.4, 0.5) is 0 Å². The van der Waals surface area contributed by atoms with Gasteiger partial charge in [0.25, 0.3) is 0 Å². The van der Waals surface area contributed by atoms with Crippen molar-refractivity contribution in [2.24, 2.45) is 0 Å². The predicted molar refractivity (Wildman–Crippen MR) is 135 cm³/mol. The predicted octanol–water partition coefficient (Wildman–Crippen LogP) is -9.82. The average molecular weight is 683 g/mol. The van der Waals surface area contributed by atoms with Crippen LogP contribution < -0.4 is 0 Å². The molecule has 0 unspecified atom stereocenters. The summed E-state index contributed by atoms with van der Waals surface area (Å²) in [5, 5.41) is 141. The van der Waals surface area contributed by atoms with Crippen molar-refractivity contribution in [3.63, 3.8) is 0 Å². The third-order valence-electron chi connectivity index (χ3n) is 8.15. The van der Waals surface area contributed by atoms with E-state index in [4.69, 9.17) is 38.2 Å². The molecular weight excluding hydrogens is 640 g/mol. The molecule has 0 radical (unpaired) electrons. The van der Waals surface area contributed by atoms with Gasteiger partial charge in [0.15, 0.2) is 25.2 Å². The lowest BCUT2D eigenvalue weighted by atomic mass is 9.97. The van der Waals surface area contributed by atoms with E-state index in [2.05, 4.69) is 0 Å². The standard InChI is InChI=1S/C24H42O22/c25-1-5-19(13(31)15(33)21(37)41-5)45-23-17(35)11(29)9(27)7(43-23)3-39-40-4-8-10(28)12(30)18(36)24(44-8)46-20-6(2-26)42-22(38)16(34)14(20)32/h5-38H,1-4H2/t5-,6-,7-,8-,9+,10+,11+,12+,13-,14-,15-,16-,17-,18-,19-,20-,21+,22+,23+,24+/m1/s1. The SMILES string of the molecule is OC[C@H]1O[C@H](O)[C@H](O)[C@@H](O)[C@@H]1O[C@@H]1O[C@H](COOC[C@H]2O[C@@H](O[C@H]3[C@H](O)[C@@H](O)[C@@H](O)O[C@@H]3CO)[C@H](O)[C@@H](O)[C@H]2O)[C@H](O)[C@H](O)[C@H]1O. The number of hydrogen-bond donors (Lipinski definition) is 14. The molecule has 0 aromatic heterocycles. The molecule has 0 amide bonds. The number of hydrogen-bond acceptors (Lipinski definition) is 22. The van der Waals surface area contributed by atoms with Crippen LogP contribution in [0.1, 0.15) is 0 Å². The fraction of sp³-hybridized carbons (Fsp3) is 1.00. The van der Waals surface area contributed by atoms with Crippen molar-refractivity contribution in [3.05, 3.63) is 0 Å². The zero-order valence-electron chi connectivity index (χ0n) is 23.9. The molecule has 22 nitrogen and oxygen atoms in total. The topological polar surface area (TPSA) is 357 Å². The van der Waals surface area contributed by atoms with E-state index in [0.29, 0.717) is 0 Å². The molecule has 20 atom stereocenters. The second-order valence-electron chi connectivity index (χ2n) is 11.3. The Labute approximate surface area is 259 Å². The minimum absolute atomic E-state index is 0.683. The molecule has 4 rings (SSSR count). The molecule has 0 aromatic carbocycles. The molecule has 0 aromatic rings. The Balaban J connectivity index is 1.32. The molecule has 4 heterocycles. The van der Waals surface area contributed by atoms with Crippen LogP contribution in [0.2, 0.25) is 0 Å². The molecule has 22 heteroatoms. The van der Waals surface area contributed by atoms with Crippen LogP contribution >= 0.6 is 0 Å². The minimum Gasteiger partial charge on any atom is -0.394 e. The molecule has 14 N–H and O–H groups in total. The van der Waals surface area contributed by atoms with E-state index in [1.54, 1.807) is 0 Å². The summed E-state index contributed by atoms with van der Waals surface area (Å²) < 4.78 is 31.7. The van der Waals surface area contributed by atoms with E-state index < -0.39 is 149 Å². The van der Waals surface area contributed by atoms with Crippen LogP contribution in [0.15, 0.2) is 0 Å². The number of ether oxygens (including phenoxy) is 6. The molecule has 0 saturated carbocycles. The highest BCUT2D eigenvalue weighted by molar-refractivity contribution is 4.95. The van der Waals surface area contributed by atoms with Gasteiger partial charge in [-0.3, -0.25) is 0 Å². The highest BCUT2D eigenvalue weighted by Gasteiger charge is 2.52. The molecule has 4 saturated heterocycles. The van der Waals surface area contributed by atoms with Crippen molar-refractivity contribution in [2.75, 3.05) is 26.4 Å². The molecular formula is C24H42O22. The summed E-state index contributed by atoms with van der Waals surface area (Å²) in [6, 6.07) is 0. The molecule has 46 heavy (non-hydrogen) atoms. The smallest absolute Gasteiger partial charge is 0.187 e. The van der Waals surface area contributed by atoms with Crippen LogP contribution in [0, 0.1) is 0 Å². The van der Waals surface area contributed by atoms with Gasteiger partial charge in [-0.25, -0.2) is 9.78 Å². The summed E-state index contributed by atoms with van der Waals surface area (Å²) in [5.41, 5.74) is 0. The number of rotatable bonds is 11. The highest BCUT2D eigenvalue weighted by atomic mass is 17.2. The van der Waals surface area contributed by atoms with Crippen LogP contribution in [0.5, 0.6) is 0 Å². The van der Waals surface area contributed by atoms with Crippen molar-refractivity contribution in [2.45, 2.75) is 123 Å². The maximum atomic E-state index is 10.4. The fourth-order valence-corrected chi connectivity index (χ4v) is 5.34. The van der Waals surface area contributed by atoms with E-state index in [0.717, 1.165) is 0 Å². The number of aliphatic hydroxyl groups excluding tert-OH is 14. The Kier molecular flexibility index (Phi) is 13.4. The van der Waals surface area contributed by atoms with Crippen LogP contribution in [0.25, 0.3) is 0 Å². The minimum atomic E-state index is -1.92. The second kappa shape index (κ2) is 16.2. The van der Waals surface area contributed by atoms with Gasteiger partial charge in [0.1, 0.15) is 111 Å². The van der Waals surface area contributed by atoms with Gasteiger partial charge < -0.3 is 99.9 Å².